The number of fused-ring (bicyclic) bond motifs is 10. The van der Waals surface area contributed by atoms with Crippen molar-refractivity contribution in [2.75, 3.05) is 0 Å². The van der Waals surface area contributed by atoms with Crippen LogP contribution >= 0.6 is 34.4 Å². The molecule has 140 valence electrons. The van der Waals surface area contributed by atoms with Gasteiger partial charge in [-0.15, -0.1) is 22.7 Å². The lowest BCUT2D eigenvalue weighted by Crippen LogP contribution is -1.91. The van der Waals surface area contributed by atoms with E-state index in [1.54, 1.807) is 0 Å². The maximum absolute atomic E-state index is 4.32. The van der Waals surface area contributed by atoms with Gasteiger partial charge in [-0.25, -0.2) is 0 Å². The van der Waals surface area contributed by atoms with Crippen molar-refractivity contribution in [3.05, 3.63) is 94.3 Å². The molecule has 0 spiro atoms. The molecule has 0 N–H and O–H groups in total. The molecule has 3 heteroatoms. The van der Waals surface area contributed by atoms with Gasteiger partial charge in [0.2, 0.25) is 0 Å². The first-order valence-corrected chi connectivity index (χ1v) is 12.2. The molecule has 0 saturated carbocycles. The van der Waals surface area contributed by atoms with E-state index in [9.17, 15) is 0 Å². The minimum atomic E-state index is 0.954. The first-order valence-electron chi connectivity index (χ1n) is 9.76. The highest BCUT2D eigenvalue weighted by Gasteiger charge is 2.24. The lowest BCUT2D eigenvalue weighted by molar-refractivity contribution is 1.23. The molecule has 0 unspecified atom stereocenters. The monoisotopic (exact) mass is 426 g/mol. The summed E-state index contributed by atoms with van der Waals surface area (Å²) in [7, 11) is 0. The zero-order chi connectivity index (χ0) is 19.4. The summed E-state index contributed by atoms with van der Waals surface area (Å²) in [5, 5.41) is 4.28. The second kappa shape index (κ2) is 6.88. The fourth-order valence-corrected chi connectivity index (χ4v) is 8.10. The molecule has 29 heavy (non-hydrogen) atoms. The Bertz CT molecular complexity index is 1430. The summed E-state index contributed by atoms with van der Waals surface area (Å²) in [5.41, 5.74) is 2.92. The van der Waals surface area contributed by atoms with Crippen LogP contribution in [-0.2, 0) is 12.8 Å². The van der Waals surface area contributed by atoms with E-state index in [0.29, 0.717) is 0 Å². The number of thiophene rings is 2. The highest BCUT2D eigenvalue weighted by atomic mass is 32.2. The Morgan fingerprint density at radius 1 is 0.759 bits per heavy atom. The molecule has 1 aliphatic heterocycles. The number of thioether (sulfide) groups is 1. The molecule has 0 amide bonds. The van der Waals surface area contributed by atoms with Gasteiger partial charge in [-0.05, 0) is 42.2 Å². The Hall–Kier alpha value is -2.33. The zero-order valence-electron chi connectivity index (χ0n) is 15.8. The van der Waals surface area contributed by atoms with Crippen molar-refractivity contribution in [3.63, 3.8) is 0 Å². The number of allylic oxidation sites excluding steroid dienone is 7. The van der Waals surface area contributed by atoms with Crippen LogP contribution in [0.25, 0.3) is 36.3 Å². The van der Waals surface area contributed by atoms with Gasteiger partial charge < -0.3 is 0 Å². The number of benzene rings is 2. The third kappa shape index (κ3) is 2.72. The van der Waals surface area contributed by atoms with Gasteiger partial charge in [0.1, 0.15) is 0 Å². The van der Waals surface area contributed by atoms with E-state index >= 15 is 0 Å². The first-order chi connectivity index (χ1) is 14.3. The van der Waals surface area contributed by atoms with Crippen LogP contribution in [0.5, 0.6) is 0 Å². The van der Waals surface area contributed by atoms with Crippen LogP contribution in [0.1, 0.15) is 16.0 Å². The van der Waals surface area contributed by atoms with E-state index in [-0.39, 0.29) is 0 Å². The van der Waals surface area contributed by atoms with Crippen LogP contribution in [0.2, 0.25) is 0 Å². The summed E-state index contributed by atoms with van der Waals surface area (Å²) in [4.78, 5) is 3.90. The minimum absolute atomic E-state index is 0.954. The van der Waals surface area contributed by atoms with Crippen LogP contribution in [0.15, 0.2) is 83.2 Å². The topological polar surface area (TPSA) is 0 Å². The normalized spacial score (nSPS) is 18.3. The van der Waals surface area contributed by atoms with Gasteiger partial charge in [0.25, 0.3) is 0 Å². The van der Waals surface area contributed by atoms with Crippen molar-refractivity contribution in [2.24, 2.45) is 0 Å². The third-order valence-corrected chi connectivity index (χ3v) is 9.04. The minimum Gasteiger partial charge on any atom is -0.135 e. The van der Waals surface area contributed by atoms with Crippen molar-refractivity contribution in [2.45, 2.75) is 17.7 Å². The smallest absolute Gasteiger partial charge is 0.0456 e. The Labute approximate surface area is 182 Å². The molecular formula is C26H18S3. The Morgan fingerprint density at radius 2 is 1.55 bits per heavy atom. The van der Waals surface area contributed by atoms with Crippen molar-refractivity contribution < 1.29 is 0 Å². The maximum Gasteiger partial charge on any atom is 0.0456 e. The van der Waals surface area contributed by atoms with E-state index in [2.05, 4.69) is 79.5 Å². The molecular weight excluding hydrogens is 408 g/mol. The van der Waals surface area contributed by atoms with Crippen LogP contribution < -0.4 is 0 Å². The van der Waals surface area contributed by atoms with Crippen molar-refractivity contribution in [1.82, 2.24) is 0 Å². The van der Waals surface area contributed by atoms with Crippen LogP contribution in [0.4, 0.5) is 0 Å². The number of hydrogen-bond donors (Lipinski definition) is 0. The van der Waals surface area contributed by atoms with Crippen molar-refractivity contribution in [1.29, 1.82) is 0 Å². The number of hydrogen-bond acceptors (Lipinski definition) is 3. The Balaban J connectivity index is 1.85. The second-order valence-corrected chi connectivity index (χ2v) is 10.6. The van der Waals surface area contributed by atoms with E-state index in [0.717, 1.165) is 17.7 Å². The summed E-state index contributed by atoms with van der Waals surface area (Å²) in [6, 6.07) is 8.88. The van der Waals surface area contributed by atoms with Gasteiger partial charge in [0.05, 0.1) is 0 Å². The summed E-state index contributed by atoms with van der Waals surface area (Å²) in [6.07, 6.45) is 19.5. The average molecular weight is 427 g/mol. The molecule has 2 aromatic carbocycles. The molecule has 4 aromatic rings. The van der Waals surface area contributed by atoms with Crippen LogP contribution in [0.3, 0.4) is 0 Å². The molecule has 0 fully saturated rings. The molecule has 3 heterocycles. The molecule has 0 radical (unpaired) electrons. The van der Waals surface area contributed by atoms with E-state index in [1.807, 2.05) is 34.4 Å². The van der Waals surface area contributed by atoms with Gasteiger partial charge >= 0.3 is 0 Å². The molecule has 0 atom stereocenters. The SMILES string of the molecule is C=C1/C=C\C=C/Cc2c(c3c4c(sc3c3c2sc2ccccc23)C=CC=CC4)S1. The quantitative estimate of drug-likeness (QED) is 0.271. The van der Waals surface area contributed by atoms with Gasteiger partial charge in [-0.2, -0.15) is 0 Å². The standard InChI is InChI=1S/C26H18S3/c1-16-10-4-2-6-13-19-24(27-16)22-17-11-5-3-7-14-21(17)29-26(22)23-18-12-8-9-15-20(18)28-25(19)23/h2-10,12,14-15H,1,11,13H2/b6-2-,10-4-. The van der Waals surface area contributed by atoms with Crippen molar-refractivity contribution >= 4 is 70.8 Å². The lowest BCUT2D eigenvalue weighted by Gasteiger charge is -2.13. The predicted octanol–water partition coefficient (Wildman–Crippen LogP) is 8.67. The first kappa shape index (κ1) is 17.5. The summed E-state index contributed by atoms with van der Waals surface area (Å²) >= 11 is 5.74. The maximum atomic E-state index is 4.32. The van der Waals surface area contributed by atoms with E-state index in [1.165, 1.54) is 51.2 Å². The van der Waals surface area contributed by atoms with Gasteiger partial charge in [-0.1, -0.05) is 73.0 Å². The van der Waals surface area contributed by atoms with Gasteiger partial charge in [0, 0.05) is 44.9 Å². The molecule has 2 aromatic heterocycles. The summed E-state index contributed by atoms with van der Waals surface area (Å²) < 4.78 is 4.26. The molecule has 0 bridgehead atoms. The van der Waals surface area contributed by atoms with Crippen LogP contribution in [0, 0.1) is 0 Å². The molecule has 1 aliphatic carbocycles. The summed E-state index contributed by atoms with van der Waals surface area (Å²) in [5.74, 6) is 0. The van der Waals surface area contributed by atoms with Gasteiger partial charge in [-0.3, -0.25) is 0 Å². The third-order valence-electron chi connectivity index (χ3n) is 5.54. The van der Waals surface area contributed by atoms with Crippen LogP contribution in [-0.4, -0.2) is 0 Å². The Kier molecular flexibility index (Phi) is 4.15. The second-order valence-electron chi connectivity index (χ2n) is 7.31. The highest BCUT2D eigenvalue weighted by molar-refractivity contribution is 8.03. The highest BCUT2D eigenvalue weighted by Crippen LogP contribution is 2.51. The fourth-order valence-electron chi connectivity index (χ4n) is 4.27. The fraction of sp³-hybridized carbons (Fsp3) is 0.0769. The lowest BCUT2D eigenvalue weighted by atomic mass is 9.99. The number of rotatable bonds is 0. The predicted molar refractivity (Wildman–Crippen MR) is 134 cm³/mol. The van der Waals surface area contributed by atoms with Gasteiger partial charge in [0.15, 0.2) is 0 Å². The summed E-state index contributed by atoms with van der Waals surface area (Å²) in [6.45, 7) is 4.32. The van der Waals surface area contributed by atoms with Crippen molar-refractivity contribution in [3.8, 4) is 0 Å². The Morgan fingerprint density at radius 3 is 2.45 bits per heavy atom. The molecule has 6 rings (SSSR count). The molecule has 0 saturated heterocycles. The van der Waals surface area contributed by atoms with E-state index < -0.39 is 0 Å². The zero-order valence-corrected chi connectivity index (χ0v) is 18.2. The average Bonchev–Trinajstić information content (AvgIpc) is 3.21. The molecule has 2 aliphatic rings. The van der Waals surface area contributed by atoms with E-state index in [4.69, 9.17) is 0 Å². The molecule has 0 nitrogen and oxygen atoms in total. The largest absolute Gasteiger partial charge is 0.135 e.